The topological polar surface area (TPSA) is 112 Å². The second kappa shape index (κ2) is 14.7. The molecule has 1 aromatic heterocycles. The van der Waals surface area contributed by atoms with Gasteiger partial charge in [-0.05, 0) is 101 Å². The number of hydrogen-bond acceptors (Lipinski definition) is 9. The highest BCUT2D eigenvalue weighted by Crippen LogP contribution is 2.41. The molecule has 1 aliphatic heterocycles. The molecule has 0 radical (unpaired) electrons. The first-order valence-corrected chi connectivity index (χ1v) is 17.6. The Balaban J connectivity index is 1.70. The number of benzene rings is 3. The Bertz CT molecular complexity index is 2120. The smallest absolute Gasteiger partial charge is 0.338 e. The number of methoxy groups -OCH3 is 2. The number of esters is 1. The first-order valence-electron chi connectivity index (χ1n) is 13.8. The van der Waals surface area contributed by atoms with Crippen LogP contribution in [0.5, 0.6) is 17.2 Å². The largest absolute Gasteiger partial charge is 0.493 e. The van der Waals surface area contributed by atoms with Gasteiger partial charge in [-0.25, -0.2) is 9.79 Å². The molecule has 5 rings (SSSR count). The molecule has 0 aliphatic carbocycles. The van der Waals surface area contributed by atoms with Gasteiger partial charge in [-0.1, -0.05) is 45.5 Å². The molecule has 0 saturated heterocycles. The van der Waals surface area contributed by atoms with Gasteiger partial charge in [0.1, 0.15) is 12.4 Å². The van der Waals surface area contributed by atoms with Crippen LogP contribution >= 0.6 is 72.4 Å². The van der Waals surface area contributed by atoms with Crippen LogP contribution in [0.1, 0.15) is 42.1 Å². The third-order valence-corrected chi connectivity index (χ3v) is 10.2. The fourth-order valence-electron chi connectivity index (χ4n) is 5.05. The average molecular weight is 926 g/mol. The number of nitrogens with zero attached hydrogens (tertiary/aromatic N) is 3. The molecule has 0 N–H and O–H groups in total. The SMILES string of the molecule is CCOC(=O)C1=C(C)N=c2s/c(=C\c3cc(I)cc(I)c3OCc3ccccc3C#N)c(=O)n2[C@@H]1c1cc(OC)c(OC)cc1Br. The fourth-order valence-corrected chi connectivity index (χ4v) is 8.67. The number of fused-ring (bicyclic) bond motifs is 1. The van der Waals surface area contributed by atoms with Crippen LogP contribution in [0.2, 0.25) is 0 Å². The first-order chi connectivity index (χ1) is 22.1. The molecule has 9 nitrogen and oxygen atoms in total. The maximum absolute atomic E-state index is 14.3. The Morgan fingerprint density at radius 2 is 1.87 bits per heavy atom. The number of ether oxygens (including phenoxy) is 4. The van der Waals surface area contributed by atoms with Gasteiger partial charge in [0.2, 0.25) is 0 Å². The average Bonchev–Trinajstić information content (AvgIpc) is 3.33. The standard InChI is InChI=1S/C33H26BrI2N3O6S/c1-5-44-32(41)28-17(2)38-33-39(29(28)22-13-25(42-3)26(43-4)14-23(22)34)31(40)27(46-33)11-20-10-21(35)12-24(36)30(20)45-16-19-9-7-6-8-18(19)15-37/h6-14,29H,5,16H2,1-4H3/b27-11-/t29-/m1/s1. The van der Waals surface area contributed by atoms with Crippen LogP contribution in [0.25, 0.3) is 6.08 Å². The lowest BCUT2D eigenvalue weighted by molar-refractivity contribution is -0.139. The highest BCUT2D eigenvalue weighted by Gasteiger charge is 2.35. The molecule has 46 heavy (non-hydrogen) atoms. The molecule has 0 fully saturated rings. The zero-order valence-electron chi connectivity index (χ0n) is 25.0. The van der Waals surface area contributed by atoms with Crippen LogP contribution in [0, 0.1) is 18.5 Å². The Labute approximate surface area is 304 Å². The number of halogens is 3. The van der Waals surface area contributed by atoms with Crippen molar-refractivity contribution >= 4 is 84.5 Å². The van der Waals surface area contributed by atoms with E-state index in [1.165, 1.54) is 30.1 Å². The Kier molecular flexibility index (Phi) is 10.9. The monoisotopic (exact) mass is 925 g/mol. The Hall–Kier alpha value is -3.20. The number of allylic oxidation sites excluding steroid dienone is 1. The second-order valence-corrected chi connectivity index (χ2v) is 14.2. The van der Waals surface area contributed by atoms with Crippen molar-refractivity contribution in [2.45, 2.75) is 26.5 Å². The van der Waals surface area contributed by atoms with Crippen LogP contribution in [0.3, 0.4) is 0 Å². The molecular weight excluding hydrogens is 900 g/mol. The number of aromatic nitrogens is 1. The number of carbonyl (C=O) groups is 1. The van der Waals surface area contributed by atoms with Crippen molar-refractivity contribution in [2.75, 3.05) is 20.8 Å². The molecule has 4 aromatic rings. The molecule has 1 aliphatic rings. The van der Waals surface area contributed by atoms with Crippen molar-refractivity contribution in [1.29, 1.82) is 5.26 Å². The zero-order chi connectivity index (χ0) is 33.1. The summed E-state index contributed by atoms with van der Waals surface area (Å²) in [5.41, 5.74) is 2.95. The zero-order valence-corrected chi connectivity index (χ0v) is 31.7. The predicted octanol–water partition coefficient (Wildman–Crippen LogP) is 6.24. The Morgan fingerprint density at radius 3 is 2.57 bits per heavy atom. The van der Waals surface area contributed by atoms with Crippen LogP contribution in [0.15, 0.2) is 74.1 Å². The molecule has 236 valence electrons. The summed E-state index contributed by atoms with van der Waals surface area (Å²) < 4.78 is 27.1. The van der Waals surface area contributed by atoms with E-state index in [1.54, 1.807) is 38.1 Å². The summed E-state index contributed by atoms with van der Waals surface area (Å²) in [5, 5.41) is 9.54. The van der Waals surface area contributed by atoms with Gasteiger partial charge in [0.05, 0.1) is 57.9 Å². The Morgan fingerprint density at radius 1 is 1.15 bits per heavy atom. The van der Waals surface area contributed by atoms with Gasteiger partial charge in [0, 0.05) is 19.2 Å². The minimum atomic E-state index is -0.860. The van der Waals surface area contributed by atoms with Crippen LogP contribution < -0.4 is 29.1 Å². The van der Waals surface area contributed by atoms with E-state index in [0.717, 1.165) is 12.7 Å². The van der Waals surface area contributed by atoms with E-state index in [0.29, 0.717) is 53.4 Å². The lowest BCUT2D eigenvalue weighted by Gasteiger charge is -2.26. The van der Waals surface area contributed by atoms with Crippen molar-refractivity contribution in [3.63, 3.8) is 0 Å². The summed E-state index contributed by atoms with van der Waals surface area (Å²) in [5.74, 6) is 0.948. The van der Waals surface area contributed by atoms with Crippen molar-refractivity contribution in [2.24, 2.45) is 4.99 Å². The van der Waals surface area contributed by atoms with Crippen molar-refractivity contribution in [1.82, 2.24) is 4.57 Å². The molecular formula is C33H26BrI2N3O6S. The highest BCUT2D eigenvalue weighted by atomic mass is 127. The van der Waals surface area contributed by atoms with Crippen LogP contribution in [-0.4, -0.2) is 31.4 Å². The van der Waals surface area contributed by atoms with Gasteiger partial charge in [0.25, 0.3) is 5.56 Å². The van der Waals surface area contributed by atoms with E-state index in [4.69, 9.17) is 23.9 Å². The quantitative estimate of drug-likeness (QED) is 0.145. The van der Waals surface area contributed by atoms with Crippen molar-refractivity contribution in [3.8, 4) is 23.3 Å². The summed E-state index contributed by atoms with van der Waals surface area (Å²) >= 11 is 9.29. The number of thiazole rings is 1. The van der Waals surface area contributed by atoms with Gasteiger partial charge >= 0.3 is 5.97 Å². The molecule has 13 heteroatoms. The van der Waals surface area contributed by atoms with Crippen LogP contribution in [-0.2, 0) is 16.1 Å². The summed E-state index contributed by atoms with van der Waals surface area (Å²) in [6, 6.07) is 16.0. The third kappa shape index (κ3) is 6.76. The number of carbonyl (C=O) groups excluding carboxylic acids is 1. The first kappa shape index (κ1) is 34.1. The van der Waals surface area contributed by atoms with Gasteiger partial charge in [0.15, 0.2) is 16.3 Å². The second-order valence-electron chi connectivity index (χ2n) is 9.89. The summed E-state index contributed by atoms with van der Waals surface area (Å²) in [6.07, 6.45) is 1.78. The normalized spacial score (nSPS) is 14.3. The molecule has 0 spiro atoms. The fraction of sp³-hybridized carbons (Fsp3) is 0.212. The van der Waals surface area contributed by atoms with Crippen LogP contribution in [0.4, 0.5) is 0 Å². The summed E-state index contributed by atoms with van der Waals surface area (Å²) in [4.78, 5) is 32.8. The minimum absolute atomic E-state index is 0.159. The van der Waals surface area contributed by atoms with Crippen molar-refractivity contribution in [3.05, 3.63) is 113 Å². The number of rotatable bonds is 9. The van der Waals surface area contributed by atoms with Crippen molar-refractivity contribution < 1.29 is 23.7 Å². The van der Waals surface area contributed by atoms with E-state index in [-0.39, 0.29) is 24.3 Å². The molecule has 0 saturated carbocycles. The van der Waals surface area contributed by atoms with Gasteiger partial charge in [-0.15, -0.1) is 0 Å². The highest BCUT2D eigenvalue weighted by molar-refractivity contribution is 14.1. The van der Waals surface area contributed by atoms with E-state index in [2.05, 4.69) is 67.2 Å². The van der Waals surface area contributed by atoms with Gasteiger partial charge in [-0.3, -0.25) is 9.36 Å². The maximum Gasteiger partial charge on any atom is 0.338 e. The lowest BCUT2D eigenvalue weighted by atomic mass is 9.95. The van der Waals surface area contributed by atoms with E-state index in [9.17, 15) is 14.9 Å². The van der Waals surface area contributed by atoms with E-state index < -0.39 is 12.0 Å². The maximum atomic E-state index is 14.3. The minimum Gasteiger partial charge on any atom is -0.493 e. The molecule has 0 bridgehead atoms. The molecule has 1 atom stereocenters. The summed E-state index contributed by atoms with van der Waals surface area (Å²) in [6.45, 7) is 3.80. The van der Waals surface area contributed by atoms with E-state index in [1.807, 2.05) is 30.3 Å². The predicted molar refractivity (Wildman–Crippen MR) is 195 cm³/mol. The lowest BCUT2D eigenvalue weighted by Crippen LogP contribution is -2.40. The third-order valence-electron chi connectivity index (χ3n) is 7.15. The number of hydrogen-bond donors (Lipinski definition) is 0. The molecule has 0 unspecified atom stereocenters. The summed E-state index contributed by atoms with van der Waals surface area (Å²) in [7, 11) is 3.06. The van der Waals surface area contributed by atoms with E-state index >= 15 is 0 Å². The van der Waals surface area contributed by atoms with Gasteiger partial charge in [-0.2, -0.15) is 5.26 Å². The molecule has 3 aromatic carbocycles. The number of nitriles is 1. The molecule has 0 amide bonds. The van der Waals surface area contributed by atoms with Gasteiger partial charge < -0.3 is 18.9 Å². The molecule has 2 heterocycles.